The molecule has 2 N–H and O–H groups in total. The van der Waals surface area contributed by atoms with Gasteiger partial charge in [0, 0.05) is 0 Å². The molecule has 0 amide bonds. The van der Waals surface area contributed by atoms with Crippen molar-refractivity contribution in [1.29, 1.82) is 0 Å². The highest BCUT2D eigenvalue weighted by Crippen LogP contribution is 1.87. The van der Waals surface area contributed by atoms with Crippen molar-refractivity contribution in [3.05, 3.63) is 0 Å². The maximum Gasteiger partial charge on any atom is 0.305 e. The highest BCUT2D eigenvalue weighted by atomic mass is 16.7. The molecule has 0 saturated heterocycles. The smallest absolute Gasteiger partial charge is 0.305 e. The van der Waals surface area contributed by atoms with E-state index in [1.54, 1.807) is 0 Å². The Hall–Kier alpha value is -1.30. The molecule has 0 unspecified atom stereocenters. The zero-order valence-corrected chi connectivity index (χ0v) is 13.6. The lowest BCUT2D eigenvalue weighted by atomic mass is 10.5. The Bertz CT molecular complexity index is 280. The molecule has 0 aromatic carbocycles. The second-order valence-corrected chi connectivity index (χ2v) is 4.38. The maximum absolute atomic E-state index is 10.2. The van der Waals surface area contributed by atoms with Crippen LogP contribution in [0.15, 0.2) is 0 Å². The second-order valence-electron chi connectivity index (χ2n) is 4.38. The van der Waals surface area contributed by atoms with E-state index < -0.39 is 11.9 Å². The number of carboxylic acids is 2. The van der Waals surface area contributed by atoms with Crippen molar-refractivity contribution in [2.24, 2.45) is 0 Å². The van der Waals surface area contributed by atoms with Crippen LogP contribution in [0.5, 0.6) is 0 Å². The van der Waals surface area contributed by atoms with Crippen molar-refractivity contribution in [1.82, 2.24) is 0 Å². The van der Waals surface area contributed by atoms with Gasteiger partial charge in [-0.25, -0.2) is 0 Å². The van der Waals surface area contributed by atoms with Crippen molar-refractivity contribution in [2.45, 2.75) is 12.8 Å². The van der Waals surface area contributed by atoms with Crippen LogP contribution in [0.25, 0.3) is 0 Å². The van der Waals surface area contributed by atoms with E-state index in [1.807, 2.05) is 0 Å². The summed E-state index contributed by atoms with van der Waals surface area (Å²) >= 11 is 0. The summed E-state index contributed by atoms with van der Waals surface area (Å²) in [7, 11) is 0. The molecule has 0 aliphatic heterocycles. The predicted octanol–water partition coefficient (Wildman–Crippen LogP) is -0.0496. The van der Waals surface area contributed by atoms with E-state index in [0.717, 1.165) is 0 Å². The molecule has 0 aliphatic carbocycles. The number of carboxylic acid groups (broad SMARTS) is 2. The summed E-state index contributed by atoms with van der Waals surface area (Å²) < 4.78 is 30.5. The Morgan fingerprint density at radius 3 is 1.08 bits per heavy atom. The Morgan fingerprint density at radius 2 is 0.792 bits per heavy atom. The Balaban J connectivity index is 3.00. The van der Waals surface area contributed by atoms with Gasteiger partial charge in [-0.3, -0.25) is 9.59 Å². The van der Waals surface area contributed by atoms with Crippen molar-refractivity contribution in [3.63, 3.8) is 0 Å². The average Bonchev–Trinajstić information content (AvgIpc) is 2.53. The number of ether oxygens (including phenoxy) is 6. The first-order chi connectivity index (χ1) is 11.6. The normalized spacial score (nSPS) is 10.8. The standard InChI is InChI=1S/C14H26O10/c15-13(16)1-3-19-5-7-21-11-23-9-10-24-12-22-8-6-20-4-2-14(17)18/h1-12H2,(H,15,16)(H,17,18). The Kier molecular flexibility index (Phi) is 17.1. The number of rotatable bonds is 19. The maximum atomic E-state index is 10.2. The van der Waals surface area contributed by atoms with Gasteiger partial charge in [0.25, 0.3) is 0 Å². The fraction of sp³-hybridized carbons (Fsp3) is 0.857. The molecule has 0 atom stereocenters. The third-order valence-corrected chi connectivity index (χ3v) is 2.37. The van der Waals surface area contributed by atoms with E-state index in [-0.39, 0.29) is 39.6 Å². The Morgan fingerprint density at radius 1 is 0.500 bits per heavy atom. The van der Waals surface area contributed by atoms with Gasteiger partial charge in [0.2, 0.25) is 0 Å². The summed E-state index contributed by atoms with van der Waals surface area (Å²) in [4.78, 5) is 20.4. The molecule has 0 bridgehead atoms. The van der Waals surface area contributed by atoms with Gasteiger partial charge >= 0.3 is 11.9 Å². The molecule has 0 spiro atoms. The number of carbonyl (C=O) groups is 2. The summed E-state index contributed by atoms with van der Waals surface area (Å²) in [6.45, 7) is 2.50. The summed E-state index contributed by atoms with van der Waals surface area (Å²) in [6, 6.07) is 0. The van der Waals surface area contributed by atoms with Crippen molar-refractivity contribution >= 4 is 11.9 Å². The zero-order valence-electron chi connectivity index (χ0n) is 13.6. The van der Waals surface area contributed by atoms with E-state index in [9.17, 15) is 9.59 Å². The van der Waals surface area contributed by atoms with E-state index in [0.29, 0.717) is 39.6 Å². The van der Waals surface area contributed by atoms with Crippen molar-refractivity contribution < 1.29 is 48.2 Å². The first-order valence-electron chi connectivity index (χ1n) is 7.53. The third-order valence-electron chi connectivity index (χ3n) is 2.37. The SMILES string of the molecule is O=C(O)CCOCCOCOCCOCOCCOCCC(=O)O. The number of hydrogen-bond acceptors (Lipinski definition) is 8. The lowest BCUT2D eigenvalue weighted by molar-refractivity contribution is -0.139. The van der Waals surface area contributed by atoms with Crippen LogP contribution in [0.4, 0.5) is 0 Å². The zero-order chi connectivity index (χ0) is 17.9. The van der Waals surface area contributed by atoms with Gasteiger partial charge in [-0.15, -0.1) is 0 Å². The monoisotopic (exact) mass is 354 g/mol. The quantitative estimate of drug-likeness (QED) is 0.240. The summed E-state index contributed by atoms with van der Waals surface area (Å²) in [6.07, 6.45) is -0.0469. The largest absolute Gasteiger partial charge is 0.481 e. The van der Waals surface area contributed by atoms with E-state index >= 15 is 0 Å². The first kappa shape index (κ1) is 22.7. The highest BCUT2D eigenvalue weighted by molar-refractivity contribution is 5.66. The van der Waals surface area contributed by atoms with Crippen LogP contribution in [0, 0.1) is 0 Å². The van der Waals surface area contributed by atoms with E-state index in [1.165, 1.54) is 0 Å². The lowest BCUT2D eigenvalue weighted by Crippen LogP contribution is -2.13. The predicted molar refractivity (Wildman–Crippen MR) is 79.7 cm³/mol. The van der Waals surface area contributed by atoms with Gasteiger partial charge in [0.1, 0.15) is 13.6 Å². The van der Waals surface area contributed by atoms with Crippen molar-refractivity contribution in [2.75, 3.05) is 66.4 Å². The van der Waals surface area contributed by atoms with Crippen LogP contribution >= 0.6 is 0 Å². The first-order valence-corrected chi connectivity index (χ1v) is 7.53. The van der Waals surface area contributed by atoms with Gasteiger partial charge < -0.3 is 38.6 Å². The second kappa shape index (κ2) is 18.0. The van der Waals surface area contributed by atoms with Crippen LogP contribution in [-0.4, -0.2) is 88.6 Å². The molecule has 0 rings (SSSR count). The van der Waals surface area contributed by atoms with Gasteiger partial charge in [0.05, 0.1) is 65.7 Å². The van der Waals surface area contributed by atoms with Crippen LogP contribution in [0.2, 0.25) is 0 Å². The molecule has 0 aromatic rings. The molecule has 0 heterocycles. The molecule has 24 heavy (non-hydrogen) atoms. The lowest BCUT2D eigenvalue weighted by Gasteiger charge is -2.08. The molecule has 0 aromatic heterocycles. The minimum Gasteiger partial charge on any atom is -0.481 e. The third kappa shape index (κ3) is 20.7. The van der Waals surface area contributed by atoms with Crippen LogP contribution in [-0.2, 0) is 38.0 Å². The molecule has 10 nitrogen and oxygen atoms in total. The van der Waals surface area contributed by atoms with Crippen LogP contribution in [0.1, 0.15) is 12.8 Å². The van der Waals surface area contributed by atoms with Gasteiger partial charge in [-0.05, 0) is 0 Å². The molecular formula is C14H26O10. The minimum absolute atomic E-state index is 0.0234. The molecule has 0 radical (unpaired) electrons. The number of hydrogen-bond donors (Lipinski definition) is 2. The van der Waals surface area contributed by atoms with Crippen molar-refractivity contribution in [3.8, 4) is 0 Å². The summed E-state index contributed by atoms with van der Waals surface area (Å²) in [5, 5.41) is 16.8. The van der Waals surface area contributed by atoms with E-state index in [4.69, 9.17) is 38.6 Å². The van der Waals surface area contributed by atoms with Gasteiger partial charge in [-0.2, -0.15) is 0 Å². The minimum atomic E-state index is -0.894. The van der Waals surface area contributed by atoms with Crippen LogP contribution in [0.3, 0.4) is 0 Å². The molecule has 10 heteroatoms. The van der Waals surface area contributed by atoms with Gasteiger partial charge in [0.15, 0.2) is 0 Å². The topological polar surface area (TPSA) is 130 Å². The molecule has 0 aliphatic rings. The Labute approximate surface area is 140 Å². The molecule has 142 valence electrons. The fourth-order valence-corrected chi connectivity index (χ4v) is 1.23. The summed E-state index contributed by atoms with van der Waals surface area (Å²) in [5.74, 6) is -1.79. The highest BCUT2D eigenvalue weighted by Gasteiger charge is 1.97. The molecule has 0 saturated carbocycles. The molecule has 0 fully saturated rings. The summed E-state index contributed by atoms with van der Waals surface area (Å²) in [5.41, 5.74) is 0. The fourth-order valence-electron chi connectivity index (χ4n) is 1.23. The van der Waals surface area contributed by atoms with Crippen LogP contribution < -0.4 is 0 Å². The molecular weight excluding hydrogens is 328 g/mol. The van der Waals surface area contributed by atoms with E-state index in [2.05, 4.69) is 0 Å². The van der Waals surface area contributed by atoms with Gasteiger partial charge in [-0.1, -0.05) is 0 Å². The number of aliphatic carboxylic acids is 2. The average molecular weight is 354 g/mol.